The molecule has 156 valence electrons. The molecular formula is C21H27Cl2N5O. The number of nitrogens with two attached hydrogens (primary N) is 1. The van der Waals surface area contributed by atoms with Crippen LogP contribution >= 0.6 is 23.2 Å². The molecule has 0 spiro atoms. The number of nitrogens with zero attached hydrogens (tertiary/aromatic N) is 3. The molecule has 1 saturated heterocycles. The van der Waals surface area contributed by atoms with Crippen LogP contribution in [-0.2, 0) is 0 Å². The normalized spacial score (nSPS) is 16.4. The first-order chi connectivity index (χ1) is 13.8. The highest BCUT2D eigenvalue weighted by atomic mass is 35.5. The molecule has 2 heterocycles. The van der Waals surface area contributed by atoms with E-state index in [1.54, 1.807) is 23.4 Å². The number of likely N-dealkylation sites (tertiary alicyclic amines) is 1. The number of pyridine rings is 1. The highest BCUT2D eigenvalue weighted by Crippen LogP contribution is 2.38. The highest BCUT2D eigenvalue weighted by molar-refractivity contribution is 6.44. The SMILES string of the molecule is CC(NC(=O)N(C)C1CCN(C)CC1)c1ccc(-c2cncc(N)c2)c(Cl)c1Cl. The van der Waals surface area contributed by atoms with Gasteiger partial charge in [-0.25, -0.2) is 4.79 Å². The molecule has 1 aliphatic rings. The summed E-state index contributed by atoms with van der Waals surface area (Å²) in [5.74, 6) is 0. The zero-order chi connectivity index (χ0) is 21.1. The molecule has 8 heteroatoms. The van der Waals surface area contributed by atoms with Gasteiger partial charge in [0.1, 0.15) is 0 Å². The maximum absolute atomic E-state index is 12.7. The Morgan fingerprint density at radius 3 is 2.62 bits per heavy atom. The fraction of sp³-hybridized carbons (Fsp3) is 0.429. The second kappa shape index (κ2) is 9.20. The Kier molecular flexibility index (Phi) is 6.88. The Morgan fingerprint density at radius 2 is 1.97 bits per heavy atom. The van der Waals surface area contributed by atoms with Crippen LogP contribution in [0.15, 0.2) is 30.6 Å². The minimum Gasteiger partial charge on any atom is -0.397 e. The predicted octanol–water partition coefficient (Wildman–Crippen LogP) is 4.43. The van der Waals surface area contributed by atoms with Gasteiger partial charge in [-0.15, -0.1) is 0 Å². The smallest absolute Gasteiger partial charge is 0.317 e. The molecule has 3 rings (SSSR count). The van der Waals surface area contributed by atoms with Crippen molar-refractivity contribution in [1.82, 2.24) is 20.1 Å². The number of hydrogen-bond acceptors (Lipinski definition) is 4. The quantitative estimate of drug-likeness (QED) is 0.744. The van der Waals surface area contributed by atoms with Crippen LogP contribution in [0.2, 0.25) is 10.0 Å². The zero-order valence-electron chi connectivity index (χ0n) is 17.0. The maximum atomic E-state index is 12.7. The fourth-order valence-electron chi connectivity index (χ4n) is 3.64. The van der Waals surface area contributed by atoms with Crippen LogP contribution < -0.4 is 11.1 Å². The summed E-state index contributed by atoms with van der Waals surface area (Å²) >= 11 is 13.1. The Morgan fingerprint density at radius 1 is 1.28 bits per heavy atom. The number of carbonyl (C=O) groups excluding carboxylic acids is 1. The summed E-state index contributed by atoms with van der Waals surface area (Å²) in [6.07, 6.45) is 5.22. The molecule has 6 nitrogen and oxygen atoms in total. The van der Waals surface area contributed by atoms with E-state index in [4.69, 9.17) is 28.9 Å². The lowest BCUT2D eigenvalue weighted by atomic mass is 10.0. The molecule has 29 heavy (non-hydrogen) atoms. The van der Waals surface area contributed by atoms with E-state index in [9.17, 15) is 4.79 Å². The first-order valence-corrected chi connectivity index (χ1v) is 10.4. The van der Waals surface area contributed by atoms with E-state index in [-0.39, 0.29) is 18.1 Å². The molecule has 0 aliphatic carbocycles. The number of carbonyl (C=O) groups is 1. The van der Waals surface area contributed by atoms with Gasteiger partial charge in [-0.05, 0) is 51.5 Å². The molecule has 1 atom stereocenters. The molecule has 1 aromatic heterocycles. The number of amides is 2. The van der Waals surface area contributed by atoms with E-state index in [1.807, 2.05) is 26.1 Å². The lowest BCUT2D eigenvalue weighted by Crippen LogP contribution is -2.48. The van der Waals surface area contributed by atoms with Gasteiger partial charge in [0.25, 0.3) is 0 Å². The Balaban J connectivity index is 1.73. The van der Waals surface area contributed by atoms with Gasteiger partial charge in [0, 0.05) is 36.6 Å². The number of piperidine rings is 1. The van der Waals surface area contributed by atoms with E-state index in [0.717, 1.165) is 42.6 Å². The monoisotopic (exact) mass is 435 g/mol. The number of nitrogens with one attached hydrogen (secondary N) is 1. The molecule has 1 aliphatic heterocycles. The number of halogens is 2. The van der Waals surface area contributed by atoms with Crippen molar-refractivity contribution in [3.05, 3.63) is 46.2 Å². The van der Waals surface area contributed by atoms with E-state index in [0.29, 0.717) is 15.7 Å². The third-order valence-corrected chi connectivity index (χ3v) is 6.44. The lowest BCUT2D eigenvalue weighted by molar-refractivity contribution is 0.146. The van der Waals surface area contributed by atoms with Crippen LogP contribution in [0, 0.1) is 0 Å². The summed E-state index contributed by atoms with van der Waals surface area (Å²) in [5.41, 5.74) is 8.69. The average Bonchev–Trinajstić information content (AvgIpc) is 2.69. The van der Waals surface area contributed by atoms with Gasteiger partial charge in [-0.2, -0.15) is 0 Å². The minimum absolute atomic E-state index is 0.108. The fourth-order valence-corrected chi connectivity index (χ4v) is 4.25. The van der Waals surface area contributed by atoms with Crippen LogP contribution in [0.5, 0.6) is 0 Å². The number of nitrogen functional groups attached to an aromatic ring is 1. The van der Waals surface area contributed by atoms with Crippen molar-refractivity contribution in [3.8, 4) is 11.1 Å². The van der Waals surface area contributed by atoms with Crippen LogP contribution in [-0.4, -0.2) is 54.0 Å². The molecule has 0 radical (unpaired) electrons. The van der Waals surface area contributed by atoms with Gasteiger partial charge in [-0.3, -0.25) is 4.98 Å². The number of aromatic nitrogens is 1. The molecule has 0 bridgehead atoms. The standard InChI is InChI=1S/C21H27Cl2N5O/c1-13(26-21(29)28(3)16-6-8-27(2)9-7-16)17-4-5-18(20(23)19(17)22)14-10-15(24)12-25-11-14/h4-5,10-13,16H,6-9,24H2,1-3H3,(H,26,29). The largest absolute Gasteiger partial charge is 0.397 e. The summed E-state index contributed by atoms with van der Waals surface area (Å²) in [6, 6.07) is 5.41. The number of anilines is 1. The van der Waals surface area contributed by atoms with Crippen LogP contribution in [0.3, 0.4) is 0 Å². The summed E-state index contributed by atoms with van der Waals surface area (Å²) < 4.78 is 0. The van der Waals surface area contributed by atoms with Gasteiger partial charge in [0.05, 0.1) is 21.8 Å². The highest BCUT2D eigenvalue weighted by Gasteiger charge is 2.25. The van der Waals surface area contributed by atoms with Crippen LogP contribution in [0.1, 0.15) is 31.4 Å². The van der Waals surface area contributed by atoms with Gasteiger partial charge < -0.3 is 20.9 Å². The van der Waals surface area contributed by atoms with Crippen molar-refractivity contribution in [1.29, 1.82) is 0 Å². The molecule has 1 aromatic carbocycles. The number of urea groups is 1. The topological polar surface area (TPSA) is 74.5 Å². The molecule has 2 aromatic rings. The van der Waals surface area contributed by atoms with Crippen molar-refractivity contribution >= 4 is 34.9 Å². The number of rotatable bonds is 4. The molecular weight excluding hydrogens is 409 g/mol. The Bertz CT molecular complexity index is 883. The van der Waals surface area contributed by atoms with Gasteiger partial charge in [0.2, 0.25) is 0 Å². The molecule has 3 N–H and O–H groups in total. The molecule has 1 unspecified atom stereocenters. The first-order valence-electron chi connectivity index (χ1n) is 9.68. The van der Waals surface area contributed by atoms with E-state index < -0.39 is 0 Å². The average molecular weight is 436 g/mol. The van der Waals surface area contributed by atoms with Crippen molar-refractivity contribution < 1.29 is 4.79 Å². The number of hydrogen-bond donors (Lipinski definition) is 2. The molecule has 2 amide bonds. The van der Waals surface area contributed by atoms with Gasteiger partial charge >= 0.3 is 6.03 Å². The lowest BCUT2D eigenvalue weighted by Gasteiger charge is -2.35. The summed E-state index contributed by atoms with van der Waals surface area (Å²) in [5, 5.41) is 3.87. The first kappa shape index (κ1) is 21.7. The molecule has 1 fully saturated rings. The second-order valence-electron chi connectivity index (χ2n) is 7.65. The van der Waals surface area contributed by atoms with Crippen molar-refractivity contribution in [2.45, 2.75) is 31.8 Å². The third-order valence-electron chi connectivity index (χ3n) is 5.55. The minimum atomic E-state index is -0.283. The Hall–Kier alpha value is -2.02. The van der Waals surface area contributed by atoms with Crippen molar-refractivity contribution in [3.63, 3.8) is 0 Å². The second-order valence-corrected chi connectivity index (χ2v) is 8.41. The van der Waals surface area contributed by atoms with E-state index >= 15 is 0 Å². The third kappa shape index (κ3) is 4.94. The summed E-state index contributed by atoms with van der Waals surface area (Å²) in [7, 11) is 3.95. The summed E-state index contributed by atoms with van der Waals surface area (Å²) in [4.78, 5) is 20.9. The van der Waals surface area contributed by atoms with Gasteiger partial charge in [-0.1, -0.05) is 35.3 Å². The van der Waals surface area contributed by atoms with Crippen LogP contribution in [0.4, 0.5) is 10.5 Å². The zero-order valence-corrected chi connectivity index (χ0v) is 18.5. The summed E-state index contributed by atoms with van der Waals surface area (Å²) in [6.45, 7) is 3.90. The van der Waals surface area contributed by atoms with Crippen LogP contribution in [0.25, 0.3) is 11.1 Å². The maximum Gasteiger partial charge on any atom is 0.317 e. The van der Waals surface area contributed by atoms with E-state index in [1.165, 1.54) is 0 Å². The molecule has 0 saturated carbocycles. The van der Waals surface area contributed by atoms with Gasteiger partial charge in [0.15, 0.2) is 0 Å². The Labute approximate surface area is 182 Å². The van der Waals surface area contributed by atoms with Crippen molar-refractivity contribution in [2.24, 2.45) is 0 Å². The number of benzene rings is 1. The van der Waals surface area contributed by atoms with E-state index in [2.05, 4.69) is 22.2 Å². The predicted molar refractivity (Wildman–Crippen MR) is 119 cm³/mol. The van der Waals surface area contributed by atoms with Crippen molar-refractivity contribution in [2.75, 3.05) is 32.9 Å².